The zero-order valence-corrected chi connectivity index (χ0v) is 22.0. The number of amides is 2. The Kier molecular flexibility index (Phi) is 9.37. The standard InChI is InChI=1S/C24H30ClN3O3.C2HF3O2/c1-28-13-12-24(16-8-9-20(30-2)21(14-16)31-3)11-10-17(15-22(24)28)26-23(29)27-19-7-5-4-6-18(19)25;3-2(4,5)1(6)7/h4-9,14,17,22H,10-13,15H2,1-3H3,(H2,26,27,29);(H,6,7)/t17-,22+,24+;/m1./s1. The molecule has 0 radical (unpaired) electrons. The molecule has 2 aromatic carbocycles. The number of anilines is 1. The zero-order chi connectivity index (χ0) is 28.1. The van der Waals surface area contributed by atoms with Crippen molar-refractivity contribution >= 4 is 29.3 Å². The van der Waals surface area contributed by atoms with E-state index in [9.17, 15) is 18.0 Å². The first-order valence-electron chi connectivity index (χ1n) is 12.0. The van der Waals surface area contributed by atoms with E-state index < -0.39 is 12.1 Å². The average Bonchev–Trinajstić information content (AvgIpc) is 3.21. The van der Waals surface area contributed by atoms with Gasteiger partial charge in [0.25, 0.3) is 0 Å². The maximum Gasteiger partial charge on any atom is 0.490 e. The van der Waals surface area contributed by atoms with Crippen LogP contribution in [0.4, 0.5) is 23.7 Å². The van der Waals surface area contributed by atoms with E-state index in [0.29, 0.717) is 16.8 Å². The van der Waals surface area contributed by atoms with Gasteiger partial charge in [-0.1, -0.05) is 29.8 Å². The molecule has 1 aliphatic heterocycles. The Morgan fingerprint density at radius 3 is 2.37 bits per heavy atom. The average molecular weight is 558 g/mol. The van der Waals surface area contributed by atoms with Crippen LogP contribution in [0.3, 0.4) is 0 Å². The Balaban J connectivity index is 0.000000505. The number of hydrogen-bond acceptors (Lipinski definition) is 5. The molecule has 0 unspecified atom stereocenters. The van der Waals surface area contributed by atoms with Gasteiger partial charge in [-0.3, -0.25) is 0 Å². The summed E-state index contributed by atoms with van der Waals surface area (Å²) in [5, 5.41) is 13.7. The van der Waals surface area contributed by atoms with Gasteiger partial charge in [-0.15, -0.1) is 0 Å². The number of nitrogens with one attached hydrogen (secondary N) is 2. The van der Waals surface area contributed by atoms with Gasteiger partial charge in [0.15, 0.2) is 11.5 Å². The number of hydrogen-bond donors (Lipinski definition) is 3. The fourth-order valence-electron chi connectivity index (χ4n) is 5.30. The van der Waals surface area contributed by atoms with Crippen molar-refractivity contribution in [2.24, 2.45) is 0 Å². The molecule has 1 saturated carbocycles. The van der Waals surface area contributed by atoms with Crippen molar-refractivity contribution in [2.75, 3.05) is 33.1 Å². The Morgan fingerprint density at radius 1 is 1.11 bits per heavy atom. The molecular weight excluding hydrogens is 527 g/mol. The van der Waals surface area contributed by atoms with Crippen molar-refractivity contribution in [3.05, 3.63) is 53.1 Å². The van der Waals surface area contributed by atoms with Gasteiger partial charge in [-0.2, -0.15) is 13.2 Å². The number of methoxy groups -OCH3 is 2. The highest BCUT2D eigenvalue weighted by molar-refractivity contribution is 6.33. The van der Waals surface area contributed by atoms with Gasteiger partial charge in [-0.05, 0) is 69.1 Å². The van der Waals surface area contributed by atoms with E-state index in [2.05, 4.69) is 34.7 Å². The number of ether oxygens (including phenoxy) is 2. The van der Waals surface area contributed by atoms with E-state index in [-0.39, 0.29) is 17.5 Å². The summed E-state index contributed by atoms with van der Waals surface area (Å²) in [6, 6.07) is 13.8. The van der Waals surface area contributed by atoms with Gasteiger partial charge in [0, 0.05) is 17.5 Å². The minimum absolute atomic E-state index is 0.0612. The number of nitrogens with zero attached hydrogens (tertiary/aromatic N) is 1. The molecule has 2 aliphatic rings. The number of fused-ring (bicyclic) bond motifs is 1. The third-order valence-electron chi connectivity index (χ3n) is 7.19. The maximum absolute atomic E-state index is 12.6. The maximum atomic E-state index is 12.6. The largest absolute Gasteiger partial charge is 0.493 e. The first-order valence-corrected chi connectivity index (χ1v) is 12.3. The van der Waals surface area contributed by atoms with Gasteiger partial charge in [-0.25, -0.2) is 9.59 Å². The van der Waals surface area contributed by atoms with E-state index >= 15 is 0 Å². The van der Waals surface area contributed by atoms with Gasteiger partial charge < -0.3 is 30.1 Å². The summed E-state index contributed by atoms with van der Waals surface area (Å²) in [5.41, 5.74) is 1.97. The van der Waals surface area contributed by atoms with Crippen LogP contribution in [0.1, 0.15) is 31.2 Å². The van der Waals surface area contributed by atoms with Crippen LogP contribution in [-0.4, -0.2) is 68.1 Å². The van der Waals surface area contributed by atoms with Crippen molar-refractivity contribution in [3.63, 3.8) is 0 Å². The molecule has 1 aliphatic carbocycles. The Morgan fingerprint density at radius 2 is 1.76 bits per heavy atom. The molecule has 0 aromatic heterocycles. The second kappa shape index (κ2) is 12.1. The smallest absolute Gasteiger partial charge is 0.490 e. The molecule has 2 amide bonds. The molecule has 1 saturated heterocycles. The highest BCUT2D eigenvalue weighted by atomic mass is 35.5. The molecule has 3 N–H and O–H groups in total. The summed E-state index contributed by atoms with van der Waals surface area (Å²) in [4.78, 5) is 23.9. The second-order valence-corrected chi connectivity index (χ2v) is 9.73. The van der Waals surface area contributed by atoms with Crippen LogP contribution in [0.25, 0.3) is 0 Å². The number of carbonyl (C=O) groups is 2. The minimum atomic E-state index is -5.08. The number of carboxylic acid groups (broad SMARTS) is 1. The lowest BCUT2D eigenvalue weighted by Crippen LogP contribution is -2.52. The number of halogens is 4. The Labute approximate surface area is 224 Å². The fourth-order valence-corrected chi connectivity index (χ4v) is 5.48. The first-order chi connectivity index (χ1) is 17.9. The number of rotatable bonds is 5. The first kappa shape index (κ1) is 29.4. The number of carboxylic acids is 1. The van der Waals surface area contributed by atoms with Crippen LogP contribution >= 0.6 is 11.6 Å². The lowest BCUT2D eigenvalue weighted by Gasteiger charge is -2.45. The summed E-state index contributed by atoms with van der Waals surface area (Å²) >= 11 is 6.17. The van der Waals surface area contributed by atoms with Gasteiger partial charge >= 0.3 is 18.2 Å². The van der Waals surface area contributed by atoms with Gasteiger partial charge in [0.2, 0.25) is 0 Å². The number of likely N-dealkylation sites (N-methyl/N-ethyl adjacent to an activating group) is 1. The Bertz CT molecular complexity index is 1150. The third-order valence-corrected chi connectivity index (χ3v) is 7.52. The molecule has 8 nitrogen and oxygen atoms in total. The normalized spacial score (nSPS) is 22.9. The second-order valence-electron chi connectivity index (χ2n) is 9.32. The van der Waals surface area contributed by atoms with Gasteiger partial charge in [0.1, 0.15) is 0 Å². The van der Waals surface area contributed by atoms with Crippen LogP contribution in [0.5, 0.6) is 11.5 Å². The summed E-state index contributed by atoms with van der Waals surface area (Å²) in [6.07, 6.45) is -1.15. The number of likely N-dealkylation sites (tertiary alicyclic amines) is 1. The summed E-state index contributed by atoms with van der Waals surface area (Å²) in [7, 11) is 5.52. The zero-order valence-electron chi connectivity index (χ0n) is 21.3. The van der Waals surface area contributed by atoms with Gasteiger partial charge in [0.05, 0.1) is 24.9 Å². The van der Waals surface area contributed by atoms with Crippen molar-refractivity contribution < 1.29 is 37.3 Å². The fraction of sp³-hybridized carbons (Fsp3) is 0.462. The van der Waals surface area contributed by atoms with E-state index in [1.807, 2.05) is 18.2 Å². The molecule has 2 fully saturated rings. The highest BCUT2D eigenvalue weighted by Gasteiger charge is 2.50. The Hall–Kier alpha value is -3.18. The molecule has 0 spiro atoms. The molecule has 1 heterocycles. The van der Waals surface area contributed by atoms with Crippen molar-refractivity contribution in [1.29, 1.82) is 0 Å². The van der Waals surface area contributed by atoms with Crippen LogP contribution in [0, 0.1) is 0 Å². The minimum Gasteiger partial charge on any atom is -0.493 e. The lowest BCUT2D eigenvalue weighted by atomic mass is 9.65. The number of carbonyl (C=O) groups excluding carboxylic acids is 1. The molecule has 12 heteroatoms. The number of para-hydroxylation sites is 1. The molecule has 0 bridgehead atoms. The number of benzene rings is 2. The number of alkyl halides is 3. The van der Waals surface area contributed by atoms with Crippen molar-refractivity contribution in [3.8, 4) is 11.5 Å². The quantitative estimate of drug-likeness (QED) is 0.461. The molecule has 4 rings (SSSR count). The van der Waals surface area contributed by atoms with Crippen LogP contribution in [0.15, 0.2) is 42.5 Å². The molecule has 2 aromatic rings. The van der Waals surface area contributed by atoms with E-state index in [1.165, 1.54) is 5.56 Å². The summed E-state index contributed by atoms with van der Waals surface area (Å²) in [5.74, 6) is -1.24. The van der Waals surface area contributed by atoms with Crippen molar-refractivity contribution in [1.82, 2.24) is 10.2 Å². The predicted octanol–water partition coefficient (Wildman–Crippen LogP) is 5.31. The molecule has 3 atom stereocenters. The SMILES string of the molecule is COc1ccc([C@@]23CC[C@@H](NC(=O)Nc4ccccc4Cl)C[C@@H]2N(C)CC3)cc1OC.O=C(O)C(F)(F)F. The monoisotopic (exact) mass is 557 g/mol. The van der Waals surface area contributed by atoms with Crippen molar-refractivity contribution in [2.45, 2.75) is 49.4 Å². The number of aliphatic carboxylic acids is 1. The molecule has 38 heavy (non-hydrogen) atoms. The third kappa shape index (κ3) is 6.63. The lowest BCUT2D eigenvalue weighted by molar-refractivity contribution is -0.192. The molecular formula is C26H31ClF3N3O5. The number of urea groups is 1. The summed E-state index contributed by atoms with van der Waals surface area (Å²) < 4.78 is 42.7. The van der Waals surface area contributed by atoms with E-state index in [1.54, 1.807) is 26.4 Å². The van der Waals surface area contributed by atoms with E-state index in [4.69, 9.17) is 31.0 Å². The summed E-state index contributed by atoms with van der Waals surface area (Å²) in [6.45, 7) is 1.04. The highest BCUT2D eigenvalue weighted by Crippen LogP contribution is 2.49. The predicted molar refractivity (Wildman–Crippen MR) is 137 cm³/mol. The topological polar surface area (TPSA) is 100 Å². The molecule has 208 valence electrons. The van der Waals surface area contributed by atoms with E-state index in [0.717, 1.165) is 43.7 Å². The van der Waals surface area contributed by atoms with Crippen LogP contribution in [-0.2, 0) is 10.2 Å². The van der Waals surface area contributed by atoms with Crippen LogP contribution < -0.4 is 20.1 Å². The van der Waals surface area contributed by atoms with Crippen LogP contribution in [0.2, 0.25) is 5.02 Å².